The second-order valence-corrected chi connectivity index (χ2v) is 24.3. The standard InChI is InChI=1S/C15H21NO2.2C12H24O9S.2C8H16O6.Na/c1-3-16-15(10-5-4-9-14(15)17)12-7-6-8-13(11-12)18-2;2*1-18-11-8(21-12(19-2)10(14)9(11)13)7-20-5-3-4-6-22(15,16)17;2*1-12-7-4(3-9)14-8(13-2)6(11)5(7)10;/h6-8,11,16H,3-5,9-10H2,1-2H3;2*8-14H,3-7H2,1-2H3,(H,15,16,17);2*4-11H,3H2,1-2H3;/q;;;;;+1/p-1. The van der Waals surface area contributed by atoms with Crippen LogP contribution in [0, 0.1) is 0 Å². The van der Waals surface area contributed by atoms with Gasteiger partial charge in [-0.15, -0.1) is 0 Å². The van der Waals surface area contributed by atoms with E-state index in [4.69, 9.17) is 81.3 Å². The molecule has 0 spiro atoms. The number of benzene rings is 1. The first-order chi connectivity index (χ1) is 42.6. The van der Waals surface area contributed by atoms with E-state index >= 15 is 0 Å². The summed E-state index contributed by atoms with van der Waals surface area (Å²) in [5.74, 6) is 0.347. The number of hydrogen-bond acceptors (Lipinski definition) is 32. The number of methoxy groups -OCH3 is 9. The molecule has 5 aliphatic rings. The van der Waals surface area contributed by atoms with E-state index in [-0.39, 0.29) is 87.6 Å². The van der Waals surface area contributed by atoms with Crippen molar-refractivity contribution >= 4 is 26.0 Å². The van der Waals surface area contributed by atoms with Crippen molar-refractivity contribution in [1.29, 1.82) is 0 Å². The number of rotatable bonds is 28. The Morgan fingerprint density at radius 2 is 0.879 bits per heavy atom. The molecule has 21 atom stereocenters. The first kappa shape index (κ1) is 87.5. The van der Waals surface area contributed by atoms with Crippen molar-refractivity contribution in [3.05, 3.63) is 29.8 Å². The maximum absolute atomic E-state index is 12.4. The first-order valence-corrected chi connectivity index (χ1v) is 32.3. The van der Waals surface area contributed by atoms with Crippen LogP contribution < -0.4 is 39.6 Å². The average molecular weight is 1370 g/mol. The van der Waals surface area contributed by atoms with E-state index in [0.717, 1.165) is 37.1 Å². The summed E-state index contributed by atoms with van der Waals surface area (Å²) in [7, 11) is 4.16. The Labute approximate surface area is 554 Å². The van der Waals surface area contributed by atoms with Crippen molar-refractivity contribution in [2.45, 2.75) is 187 Å². The van der Waals surface area contributed by atoms with E-state index in [9.17, 15) is 71.6 Å². The van der Waals surface area contributed by atoms with Crippen LogP contribution in [0.1, 0.15) is 63.9 Å². The molecule has 0 aromatic heterocycles. The number of aliphatic hydroxyl groups is 10. The van der Waals surface area contributed by atoms with Gasteiger partial charge < -0.3 is 137 Å². The minimum Gasteiger partial charge on any atom is -0.748 e. The van der Waals surface area contributed by atoms with E-state index in [1.54, 1.807) is 7.11 Å². The van der Waals surface area contributed by atoms with E-state index in [2.05, 4.69) is 18.3 Å². The Morgan fingerprint density at radius 1 is 0.527 bits per heavy atom. The van der Waals surface area contributed by atoms with Crippen molar-refractivity contribution in [2.75, 3.05) is 122 Å². The van der Waals surface area contributed by atoms with Gasteiger partial charge >= 0.3 is 29.6 Å². The molecule has 530 valence electrons. The molecule has 21 unspecified atom stereocenters. The molecular formula is C55H100NNaO32S2. The molecule has 4 saturated heterocycles. The molecule has 1 aromatic rings. The number of nitrogens with two attached hydrogens (primary N) is 1. The van der Waals surface area contributed by atoms with Gasteiger partial charge in [-0.05, 0) is 57.6 Å². The van der Waals surface area contributed by atoms with Gasteiger partial charge in [0.15, 0.2) is 36.5 Å². The number of carbonyl (C=O) groups is 1. The fourth-order valence-corrected chi connectivity index (χ4v) is 11.5. The summed E-state index contributed by atoms with van der Waals surface area (Å²) >= 11 is 0. The Hall–Kier alpha value is -1.49. The monoisotopic (exact) mass is 1370 g/mol. The van der Waals surface area contributed by atoms with Crippen LogP contribution in [0.2, 0.25) is 0 Å². The van der Waals surface area contributed by atoms with Gasteiger partial charge in [-0.1, -0.05) is 12.1 Å². The number of ether oxygens (including phenoxy) is 15. The fraction of sp³-hybridized carbons (Fsp3) is 0.873. The van der Waals surface area contributed by atoms with Crippen molar-refractivity contribution in [3.8, 4) is 5.75 Å². The molecule has 5 fully saturated rings. The molecule has 1 saturated carbocycles. The van der Waals surface area contributed by atoms with Crippen LogP contribution in [0.15, 0.2) is 24.3 Å². The number of aliphatic hydroxyl groups excluding tert-OH is 10. The second kappa shape index (κ2) is 45.2. The fourth-order valence-electron chi connectivity index (χ4n) is 10.4. The molecule has 33 nitrogen and oxygen atoms in total. The van der Waals surface area contributed by atoms with Gasteiger partial charge in [-0.3, -0.25) is 4.79 Å². The van der Waals surface area contributed by atoms with Gasteiger partial charge in [0.2, 0.25) is 0 Å². The number of likely N-dealkylation sites (N-methyl/N-ethyl adjacent to an activating group) is 1. The molecule has 1 aliphatic carbocycles. The molecule has 0 amide bonds. The Kier molecular flexibility index (Phi) is 43.4. The summed E-state index contributed by atoms with van der Waals surface area (Å²) in [5.41, 5.74) is 0.718. The summed E-state index contributed by atoms with van der Waals surface area (Å²) in [4.78, 5) is 12.4. The minimum absolute atomic E-state index is 0. The number of hydrogen-bond donors (Lipinski definition) is 11. The van der Waals surface area contributed by atoms with Crippen molar-refractivity contribution in [1.82, 2.24) is 0 Å². The van der Waals surface area contributed by atoms with Crippen LogP contribution in [0.3, 0.4) is 0 Å². The molecule has 0 bridgehead atoms. The number of quaternary nitrogens is 1. The van der Waals surface area contributed by atoms with E-state index < -0.39 is 155 Å². The first-order valence-electron chi connectivity index (χ1n) is 29.2. The van der Waals surface area contributed by atoms with Crippen LogP contribution >= 0.6 is 0 Å². The normalized spacial score (nSPS) is 34.2. The van der Waals surface area contributed by atoms with Gasteiger partial charge in [-0.2, -0.15) is 0 Å². The van der Waals surface area contributed by atoms with Crippen LogP contribution in [0.4, 0.5) is 0 Å². The van der Waals surface area contributed by atoms with Gasteiger partial charge in [0.1, 0.15) is 103 Å². The zero-order valence-corrected chi connectivity index (χ0v) is 57.4. The molecule has 0 radical (unpaired) electrons. The third-order valence-electron chi connectivity index (χ3n) is 15.2. The van der Waals surface area contributed by atoms with E-state index in [0.29, 0.717) is 25.0 Å². The minimum atomic E-state index is -4.20. The van der Waals surface area contributed by atoms with Gasteiger partial charge in [0, 0.05) is 100 Å². The average Bonchev–Trinajstić information content (AvgIpc) is 1.08. The van der Waals surface area contributed by atoms with E-state index in [1.807, 2.05) is 18.2 Å². The predicted octanol–water partition coefficient (Wildman–Crippen LogP) is -8.33. The number of unbranched alkanes of at least 4 members (excludes halogenated alkanes) is 2. The zero-order valence-electron chi connectivity index (χ0n) is 53.7. The molecule has 91 heavy (non-hydrogen) atoms. The van der Waals surface area contributed by atoms with Crippen molar-refractivity contribution < 1.29 is 188 Å². The quantitative estimate of drug-likeness (QED) is 0.0211. The van der Waals surface area contributed by atoms with Gasteiger partial charge in [0.25, 0.3) is 0 Å². The molecule has 12 N–H and O–H groups in total. The van der Waals surface area contributed by atoms with Gasteiger partial charge in [-0.25, -0.2) is 16.8 Å². The summed E-state index contributed by atoms with van der Waals surface area (Å²) in [6.07, 6.45) is -13.9. The van der Waals surface area contributed by atoms with Gasteiger partial charge in [0.05, 0.1) is 60.3 Å². The molecular weight excluding hydrogens is 1270 g/mol. The second-order valence-electron chi connectivity index (χ2n) is 21.2. The third kappa shape index (κ3) is 27.7. The third-order valence-corrected chi connectivity index (χ3v) is 16.8. The molecule has 1 aromatic carbocycles. The van der Waals surface area contributed by atoms with Crippen LogP contribution in [-0.4, -0.2) is 327 Å². The summed E-state index contributed by atoms with van der Waals surface area (Å²) < 4.78 is 139. The molecule has 36 heteroatoms. The summed E-state index contributed by atoms with van der Waals surface area (Å²) in [6.45, 7) is 3.04. The maximum Gasteiger partial charge on any atom is 1.00 e. The number of carbonyl (C=O) groups excluding carboxylic acids is 1. The summed E-state index contributed by atoms with van der Waals surface area (Å²) in [5, 5.41) is 97.7. The van der Waals surface area contributed by atoms with Crippen LogP contribution in [0.5, 0.6) is 5.75 Å². The van der Waals surface area contributed by atoms with Crippen molar-refractivity contribution in [2.24, 2.45) is 0 Å². The Balaban J connectivity index is 0.000000574. The van der Waals surface area contributed by atoms with E-state index in [1.165, 1.54) is 56.9 Å². The topological polar surface area (TPSA) is 489 Å². The smallest absolute Gasteiger partial charge is 0.748 e. The summed E-state index contributed by atoms with van der Waals surface area (Å²) in [6, 6.07) is 7.96. The largest absolute Gasteiger partial charge is 1.00 e. The number of Topliss-reactive ketones (excluding diaryl/α,β-unsaturated/α-hetero) is 1. The Bertz CT molecular complexity index is 2200. The number of ketones is 1. The zero-order chi connectivity index (χ0) is 67.9. The molecule has 6 rings (SSSR count). The molecule has 4 heterocycles. The molecule has 4 aliphatic heterocycles. The van der Waals surface area contributed by atoms with Crippen LogP contribution in [0.25, 0.3) is 0 Å². The van der Waals surface area contributed by atoms with Crippen molar-refractivity contribution in [3.63, 3.8) is 0 Å². The maximum atomic E-state index is 12.4. The van der Waals surface area contributed by atoms with Crippen LogP contribution in [-0.2, 0) is 96.9 Å². The SMILES string of the molecule is CC[NH2+]C1(c2cccc(OC)c2)CCCCC1=O.COC1OC(CO)C(OC)C(O)C1O.COC1OC(CO)C(OC)C(O)C1O.COC1OC(COCCCCS(=O)(=O)[O-])C(OC)C(O)C1O.COC1OC(COCCCCS(=O)(=O)[O-])C(OC)C(O)C1O.[Na+]. The Morgan fingerprint density at radius 3 is 1.18 bits per heavy atom. The predicted molar refractivity (Wildman–Crippen MR) is 308 cm³/mol.